The van der Waals surface area contributed by atoms with Gasteiger partial charge in [0.15, 0.2) is 5.43 Å². The van der Waals surface area contributed by atoms with E-state index in [2.05, 4.69) is 0 Å². The van der Waals surface area contributed by atoms with Crippen LogP contribution in [0.5, 0.6) is 0 Å². The molecular formula is C17H19FN3NaO4. The van der Waals surface area contributed by atoms with Crippen LogP contribution in [0.3, 0.4) is 0 Å². The fraction of sp³-hybridized carbons (Fsp3) is 0.353. The molecule has 0 atom stereocenters. The summed E-state index contributed by atoms with van der Waals surface area (Å²) in [5.41, 5.74) is 0.0560. The van der Waals surface area contributed by atoms with Gasteiger partial charge in [0.25, 0.3) is 0 Å². The van der Waals surface area contributed by atoms with E-state index in [0.717, 1.165) is 18.5 Å². The van der Waals surface area contributed by atoms with Gasteiger partial charge < -0.3 is 20.9 Å². The Kier molecular flexibility index (Phi) is 6.44. The second-order valence-electron chi connectivity index (χ2n) is 5.89. The number of aromatic carboxylic acids is 1. The molecule has 1 amide bonds. The van der Waals surface area contributed by atoms with Crippen molar-refractivity contribution in [3.63, 3.8) is 0 Å². The summed E-state index contributed by atoms with van der Waals surface area (Å²) < 4.78 is 16.1. The van der Waals surface area contributed by atoms with Gasteiger partial charge in [-0.25, -0.2) is 9.18 Å². The molecule has 1 aromatic heterocycles. The minimum Gasteiger partial charge on any atom is -1.00 e. The van der Waals surface area contributed by atoms with Crippen LogP contribution in [0.4, 0.5) is 10.1 Å². The molecule has 3 rings (SSSR count). The second kappa shape index (κ2) is 8.20. The number of halogens is 1. The molecule has 2 heterocycles. The molecule has 1 fully saturated rings. The number of nitrogens with zero attached hydrogens (tertiary/aromatic N) is 3. The molecule has 26 heavy (non-hydrogen) atoms. The van der Waals surface area contributed by atoms with Gasteiger partial charge in [0.05, 0.1) is 11.2 Å². The van der Waals surface area contributed by atoms with Crippen LogP contribution in [0.1, 0.15) is 18.8 Å². The second-order valence-corrected chi connectivity index (χ2v) is 5.89. The molecule has 0 bridgehead atoms. The summed E-state index contributed by atoms with van der Waals surface area (Å²) in [4.78, 5) is 37.8. The van der Waals surface area contributed by atoms with E-state index in [9.17, 15) is 23.9 Å². The first kappa shape index (κ1) is 20.4. The fourth-order valence-electron chi connectivity index (χ4n) is 3.21. The summed E-state index contributed by atoms with van der Waals surface area (Å²) in [5.74, 6) is -1.73. The van der Waals surface area contributed by atoms with E-state index >= 15 is 0 Å². The van der Waals surface area contributed by atoms with E-state index in [-0.39, 0.29) is 42.1 Å². The largest absolute Gasteiger partial charge is 1.00 e. The summed E-state index contributed by atoms with van der Waals surface area (Å²) in [6.07, 6.45) is 0.766. The van der Waals surface area contributed by atoms with Crippen molar-refractivity contribution in [2.45, 2.75) is 13.5 Å². The minimum atomic E-state index is -1.20. The summed E-state index contributed by atoms with van der Waals surface area (Å²) in [6.45, 7) is 4.00. The number of benzene rings is 1. The molecule has 0 saturated carbocycles. The van der Waals surface area contributed by atoms with Gasteiger partial charge in [0, 0.05) is 44.2 Å². The van der Waals surface area contributed by atoms with Gasteiger partial charge in [-0.3, -0.25) is 9.59 Å². The number of hydrogen-bond acceptors (Lipinski definition) is 4. The van der Waals surface area contributed by atoms with E-state index in [1.165, 1.54) is 10.6 Å². The van der Waals surface area contributed by atoms with Gasteiger partial charge >= 0.3 is 35.5 Å². The van der Waals surface area contributed by atoms with E-state index < -0.39 is 17.2 Å². The number of fused-ring (bicyclic) bond motifs is 1. The molecular weight excluding hydrogens is 352 g/mol. The molecule has 1 aliphatic heterocycles. The number of aryl methyl sites for hydroxylation is 1. The summed E-state index contributed by atoms with van der Waals surface area (Å²) >= 11 is 0. The van der Waals surface area contributed by atoms with Crippen molar-refractivity contribution < 1.29 is 50.1 Å². The van der Waals surface area contributed by atoms with E-state index in [1.807, 2.05) is 0 Å². The Balaban J connectivity index is 0.00000182. The number of anilines is 1. The van der Waals surface area contributed by atoms with Crippen LogP contribution in [0.2, 0.25) is 0 Å². The van der Waals surface area contributed by atoms with E-state index in [0.29, 0.717) is 43.9 Å². The van der Waals surface area contributed by atoms with E-state index in [1.54, 1.807) is 16.7 Å². The number of piperazine rings is 1. The molecule has 2 aromatic rings. The maximum atomic E-state index is 14.6. The normalized spacial score (nSPS) is 14.2. The van der Waals surface area contributed by atoms with Gasteiger partial charge in [-0.15, -0.1) is 0 Å². The van der Waals surface area contributed by atoms with Crippen molar-refractivity contribution in [2.75, 3.05) is 31.1 Å². The van der Waals surface area contributed by atoms with Crippen molar-refractivity contribution >= 4 is 29.0 Å². The van der Waals surface area contributed by atoms with E-state index in [4.69, 9.17) is 0 Å². The number of amides is 1. The number of carbonyl (C=O) groups is 2. The number of rotatable bonds is 4. The summed E-state index contributed by atoms with van der Waals surface area (Å²) in [5, 5.41) is 9.48. The monoisotopic (exact) mass is 371 g/mol. The third kappa shape index (κ3) is 3.62. The topological polar surface area (TPSA) is 82.8 Å². The van der Waals surface area contributed by atoms with Crippen LogP contribution in [0.15, 0.2) is 23.0 Å². The molecule has 0 unspecified atom stereocenters. The molecule has 7 nitrogen and oxygen atoms in total. The van der Waals surface area contributed by atoms with Crippen LogP contribution >= 0.6 is 0 Å². The minimum absolute atomic E-state index is 0. The van der Waals surface area contributed by atoms with Crippen LogP contribution < -0.4 is 39.9 Å². The maximum Gasteiger partial charge on any atom is 1.00 e. The quantitative estimate of drug-likeness (QED) is 0.509. The first-order chi connectivity index (χ1) is 12.0. The molecule has 0 aliphatic carbocycles. The predicted octanol–water partition coefficient (Wildman–Crippen LogP) is -1.75. The standard InChI is InChI=1S/C17H18FN3O4.Na.H/c1-2-21-13-8-14(20-5-3-19(10-22)4-6-20)12(18)7-11(13)16(23)9-15(21)17(24)25;;/h7-10H,2-6H2,1H3,(H,24,25);;/q;+1;-1. The molecule has 0 spiro atoms. The molecule has 134 valence electrons. The fourth-order valence-corrected chi connectivity index (χ4v) is 3.21. The molecule has 1 saturated heterocycles. The zero-order chi connectivity index (χ0) is 18.1. The number of carboxylic acid groups (broad SMARTS) is 1. The smallest absolute Gasteiger partial charge is 1.00 e. The average Bonchev–Trinajstić information content (AvgIpc) is 2.61. The number of hydrogen-bond donors (Lipinski definition) is 1. The Morgan fingerprint density at radius 3 is 2.46 bits per heavy atom. The van der Waals surface area contributed by atoms with Crippen LogP contribution in [0.25, 0.3) is 10.9 Å². The SMILES string of the molecule is CCn1c(C(=O)O)cc(=O)c2cc(F)c(N3CCN(C=O)CC3)cc21.[H-].[Na+]. The van der Waals surface area contributed by atoms with Crippen molar-refractivity contribution in [1.82, 2.24) is 9.47 Å². The van der Waals surface area contributed by atoms with Crippen molar-refractivity contribution in [2.24, 2.45) is 0 Å². The molecule has 1 aliphatic rings. The average molecular weight is 371 g/mol. The molecule has 0 radical (unpaired) electrons. The number of pyridine rings is 1. The van der Waals surface area contributed by atoms with Crippen molar-refractivity contribution in [3.8, 4) is 0 Å². The Hall–Kier alpha value is -1.90. The van der Waals surface area contributed by atoms with Crippen molar-refractivity contribution in [3.05, 3.63) is 39.9 Å². The first-order valence-electron chi connectivity index (χ1n) is 8.01. The Morgan fingerprint density at radius 1 is 1.27 bits per heavy atom. The zero-order valence-corrected chi connectivity index (χ0v) is 16.7. The molecule has 9 heteroatoms. The Bertz CT molecular complexity index is 913. The van der Waals surface area contributed by atoms with Crippen LogP contribution in [0, 0.1) is 5.82 Å². The Morgan fingerprint density at radius 2 is 1.92 bits per heavy atom. The predicted molar refractivity (Wildman–Crippen MR) is 91.8 cm³/mol. The van der Waals surface area contributed by atoms with Gasteiger partial charge in [-0.1, -0.05) is 0 Å². The van der Waals surface area contributed by atoms with Gasteiger partial charge in [-0.2, -0.15) is 0 Å². The molecule has 1 aromatic carbocycles. The Labute approximate surface area is 172 Å². The van der Waals surface area contributed by atoms with Gasteiger partial charge in [0.1, 0.15) is 11.5 Å². The number of carboxylic acids is 1. The van der Waals surface area contributed by atoms with Crippen LogP contribution in [-0.2, 0) is 11.3 Å². The number of carbonyl (C=O) groups excluding carboxylic acids is 1. The first-order valence-corrected chi connectivity index (χ1v) is 8.01. The van der Waals surface area contributed by atoms with Crippen LogP contribution in [-0.4, -0.2) is 53.1 Å². The van der Waals surface area contributed by atoms with Crippen molar-refractivity contribution in [1.29, 1.82) is 0 Å². The van der Waals surface area contributed by atoms with Gasteiger partial charge in [-0.05, 0) is 19.1 Å². The third-order valence-electron chi connectivity index (χ3n) is 4.52. The molecule has 1 N–H and O–H groups in total. The zero-order valence-electron chi connectivity index (χ0n) is 15.7. The summed E-state index contributed by atoms with van der Waals surface area (Å²) in [7, 11) is 0. The third-order valence-corrected chi connectivity index (χ3v) is 4.52. The number of aromatic nitrogens is 1. The maximum absolute atomic E-state index is 14.6. The summed E-state index contributed by atoms with van der Waals surface area (Å²) in [6, 6.07) is 3.71. The van der Waals surface area contributed by atoms with Gasteiger partial charge in [0.2, 0.25) is 6.41 Å².